The molecule has 1 aromatic heterocycles. The molecule has 0 aliphatic rings. The van der Waals surface area contributed by atoms with Crippen molar-refractivity contribution < 1.29 is 22.7 Å². The van der Waals surface area contributed by atoms with Crippen LogP contribution in [-0.2, 0) is 16.1 Å². The summed E-state index contributed by atoms with van der Waals surface area (Å²) >= 11 is 0. The van der Waals surface area contributed by atoms with Crippen LogP contribution in [0.5, 0.6) is 0 Å². The van der Waals surface area contributed by atoms with Crippen molar-refractivity contribution in [3.05, 3.63) is 17.5 Å². The first-order chi connectivity index (χ1) is 9.69. The van der Waals surface area contributed by atoms with Gasteiger partial charge >= 0.3 is 6.18 Å². The number of carbonyl (C=O) groups excluding carboxylic acids is 1. The van der Waals surface area contributed by atoms with Gasteiger partial charge in [-0.25, -0.2) is 0 Å². The van der Waals surface area contributed by atoms with Gasteiger partial charge in [-0.05, 0) is 33.3 Å². The number of alkyl halides is 3. The second-order valence-corrected chi connectivity index (χ2v) is 4.86. The van der Waals surface area contributed by atoms with Crippen molar-refractivity contribution in [3.8, 4) is 0 Å². The van der Waals surface area contributed by atoms with Gasteiger partial charge in [0.15, 0.2) is 0 Å². The van der Waals surface area contributed by atoms with Crippen LogP contribution in [0.25, 0.3) is 0 Å². The lowest BCUT2D eigenvalue weighted by atomic mass is 10.3. The number of hydrogen-bond donors (Lipinski definition) is 1. The fraction of sp³-hybridized carbons (Fsp3) is 0.692. The Hall–Kier alpha value is -1.57. The number of nitrogens with zero attached hydrogens (tertiary/aromatic N) is 2. The Morgan fingerprint density at radius 3 is 2.67 bits per heavy atom. The van der Waals surface area contributed by atoms with E-state index in [1.54, 1.807) is 0 Å². The molecule has 0 fully saturated rings. The third-order valence-corrected chi connectivity index (χ3v) is 2.82. The van der Waals surface area contributed by atoms with Crippen molar-refractivity contribution in [1.29, 1.82) is 0 Å². The minimum atomic E-state index is -4.43. The molecule has 5 nitrogen and oxygen atoms in total. The van der Waals surface area contributed by atoms with Crippen LogP contribution < -0.4 is 5.32 Å². The van der Waals surface area contributed by atoms with E-state index >= 15 is 0 Å². The molecular formula is C13H20F3N3O2. The molecule has 0 spiro atoms. The number of aromatic nitrogens is 2. The number of amides is 1. The SMILES string of the molecule is Cc1cc(C)n(CCCNC(=O)C(C)OCC(F)(F)F)n1. The summed E-state index contributed by atoms with van der Waals surface area (Å²) in [6, 6.07) is 1.95. The van der Waals surface area contributed by atoms with Crippen LogP contribution in [0.3, 0.4) is 0 Å². The monoisotopic (exact) mass is 307 g/mol. The third kappa shape index (κ3) is 6.61. The summed E-state index contributed by atoms with van der Waals surface area (Å²) in [5, 5.41) is 6.82. The molecule has 1 aromatic rings. The Morgan fingerprint density at radius 1 is 1.48 bits per heavy atom. The Morgan fingerprint density at radius 2 is 2.14 bits per heavy atom. The number of hydrogen-bond acceptors (Lipinski definition) is 3. The Kier molecular flexibility index (Phi) is 6.19. The number of halogens is 3. The van der Waals surface area contributed by atoms with E-state index in [-0.39, 0.29) is 0 Å². The molecule has 1 atom stereocenters. The maximum Gasteiger partial charge on any atom is 0.411 e. The van der Waals surface area contributed by atoms with Crippen molar-refractivity contribution in [1.82, 2.24) is 15.1 Å². The fourth-order valence-corrected chi connectivity index (χ4v) is 1.78. The molecule has 8 heteroatoms. The van der Waals surface area contributed by atoms with Crippen molar-refractivity contribution in [2.75, 3.05) is 13.2 Å². The van der Waals surface area contributed by atoms with Crippen LogP contribution in [0, 0.1) is 13.8 Å². The van der Waals surface area contributed by atoms with E-state index in [0.29, 0.717) is 19.5 Å². The summed E-state index contributed by atoms with van der Waals surface area (Å²) in [4.78, 5) is 11.5. The summed E-state index contributed by atoms with van der Waals surface area (Å²) in [5.41, 5.74) is 1.95. The number of rotatable bonds is 7. The maximum absolute atomic E-state index is 11.9. The van der Waals surface area contributed by atoms with E-state index in [0.717, 1.165) is 11.4 Å². The lowest BCUT2D eigenvalue weighted by Gasteiger charge is -2.14. The lowest BCUT2D eigenvalue weighted by molar-refractivity contribution is -0.185. The highest BCUT2D eigenvalue weighted by atomic mass is 19.4. The van der Waals surface area contributed by atoms with Crippen LogP contribution in [0.2, 0.25) is 0 Å². The molecule has 0 saturated carbocycles. The van der Waals surface area contributed by atoms with E-state index in [4.69, 9.17) is 0 Å². The smallest absolute Gasteiger partial charge is 0.359 e. The summed E-state index contributed by atoms with van der Waals surface area (Å²) in [6.45, 7) is 4.70. The number of ether oxygens (including phenoxy) is 1. The lowest BCUT2D eigenvalue weighted by Crippen LogP contribution is -2.37. The van der Waals surface area contributed by atoms with Gasteiger partial charge in [-0.1, -0.05) is 0 Å². The molecule has 0 aromatic carbocycles. The Balaban J connectivity index is 2.22. The maximum atomic E-state index is 11.9. The molecule has 0 bridgehead atoms. The molecule has 0 aliphatic carbocycles. The quantitative estimate of drug-likeness (QED) is 0.784. The van der Waals surface area contributed by atoms with Crippen LogP contribution in [-0.4, -0.2) is 41.1 Å². The molecule has 120 valence electrons. The first-order valence-electron chi connectivity index (χ1n) is 6.66. The highest BCUT2D eigenvalue weighted by Crippen LogP contribution is 2.15. The average molecular weight is 307 g/mol. The first kappa shape index (κ1) is 17.5. The van der Waals surface area contributed by atoms with Gasteiger partial charge in [0.05, 0.1) is 5.69 Å². The van der Waals surface area contributed by atoms with Gasteiger partial charge in [-0.3, -0.25) is 9.48 Å². The van der Waals surface area contributed by atoms with Crippen molar-refractivity contribution in [3.63, 3.8) is 0 Å². The molecule has 1 rings (SSSR count). The highest BCUT2D eigenvalue weighted by Gasteiger charge is 2.29. The van der Waals surface area contributed by atoms with Gasteiger partial charge in [-0.15, -0.1) is 0 Å². The van der Waals surface area contributed by atoms with Crippen molar-refractivity contribution in [2.24, 2.45) is 0 Å². The van der Waals surface area contributed by atoms with Crippen LogP contribution >= 0.6 is 0 Å². The molecular weight excluding hydrogens is 287 g/mol. The van der Waals surface area contributed by atoms with E-state index in [2.05, 4.69) is 15.2 Å². The number of nitrogens with one attached hydrogen (secondary N) is 1. The predicted molar refractivity (Wildman–Crippen MR) is 70.8 cm³/mol. The minimum Gasteiger partial charge on any atom is -0.359 e. The zero-order chi connectivity index (χ0) is 16.0. The zero-order valence-corrected chi connectivity index (χ0v) is 12.3. The molecule has 1 amide bonds. The van der Waals surface area contributed by atoms with Crippen LogP contribution in [0.4, 0.5) is 13.2 Å². The second kappa shape index (κ2) is 7.44. The van der Waals surface area contributed by atoms with E-state index in [9.17, 15) is 18.0 Å². The number of aryl methyl sites for hydroxylation is 3. The van der Waals surface area contributed by atoms with Gasteiger partial charge < -0.3 is 10.1 Å². The molecule has 1 unspecified atom stereocenters. The molecule has 0 radical (unpaired) electrons. The topological polar surface area (TPSA) is 56.2 Å². The van der Waals surface area contributed by atoms with Gasteiger partial charge in [0.1, 0.15) is 12.7 Å². The zero-order valence-electron chi connectivity index (χ0n) is 12.3. The standard InChI is InChI=1S/C13H20F3N3O2/c1-9-7-10(2)19(18-9)6-4-5-17-12(20)11(3)21-8-13(14,15)16/h7,11H,4-6,8H2,1-3H3,(H,17,20). The van der Waals surface area contributed by atoms with Gasteiger partial charge in [-0.2, -0.15) is 18.3 Å². The van der Waals surface area contributed by atoms with Gasteiger partial charge in [0, 0.05) is 18.8 Å². The minimum absolute atomic E-state index is 0.358. The summed E-state index contributed by atoms with van der Waals surface area (Å²) in [5.74, 6) is -0.549. The molecule has 0 aliphatic heterocycles. The fourth-order valence-electron chi connectivity index (χ4n) is 1.78. The normalized spacial score (nSPS) is 13.2. The van der Waals surface area contributed by atoms with E-state index in [1.807, 2.05) is 24.6 Å². The molecule has 0 saturated heterocycles. The van der Waals surface area contributed by atoms with Crippen LogP contribution in [0.15, 0.2) is 6.07 Å². The Bertz CT molecular complexity index is 472. The van der Waals surface area contributed by atoms with Crippen molar-refractivity contribution in [2.45, 2.75) is 46.0 Å². The Labute approximate surface area is 121 Å². The summed E-state index contributed by atoms with van der Waals surface area (Å²) in [6.07, 6.45) is -4.91. The van der Waals surface area contributed by atoms with E-state index < -0.39 is 24.8 Å². The first-order valence-corrected chi connectivity index (χ1v) is 6.66. The predicted octanol–water partition coefficient (Wildman–Crippen LogP) is 1.97. The van der Waals surface area contributed by atoms with Gasteiger partial charge in [0.2, 0.25) is 5.91 Å². The van der Waals surface area contributed by atoms with Gasteiger partial charge in [0.25, 0.3) is 0 Å². The summed E-state index contributed by atoms with van der Waals surface area (Å²) < 4.78 is 42.1. The summed E-state index contributed by atoms with van der Waals surface area (Å²) in [7, 11) is 0. The molecule has 1 heterocycles. The molecule has 1 N–H and O–H groups in total. The van der Waals surface area contributed by atoms with E-state index in [1.165, 1.54) is 6.92 Å². The van der Waals surface area contributed by atoms with Crippen LogP contribution in [0.1, 0.15) is 24.7 Å². The second-order valence-electron chi connectivity index (χ2n) is 4.86. The van der Waals surface area contributed by atoms with Crippen molar-refractivity contribution >= 4 is 5.91 Å². The number of carbonyl (C=O) groups is 1. The third-order valence-electron chi connectivity index (χ3n) is 2.82. The largest absolute Gasteiger partial charge is 0.411 e. The average Bonchev–Trinajstić information content (AvgIpc) is 2.69. The highest BCUT2D eigenvalue weighted by molar-refractivity contribution is 5.80. The molecule has 21 heavy (non-hydrogen) atoms.